The van der Waals surface area contributed by atoms with Crippen LogP contribution in [0.15, 0.2) is 45.8 Å². The van der Waals surface area contributed by atoms with Crippen LogP contribution >= 0.6 is 39.3 Å². The molecule has 7 nitrogen and oxygen atoms in total. The van der Waals surface area contributed by atoms with Crippen molar-refractivity contribution in [2.75, 3.05) is 26.2 Å². The first-order valence-corrected chi connectivity index (χ1v) is 14.2. The number of ether oxygens (including phenoxy) is 2. The molecule has 0 aromatic heterocycles. The summed E-state index contributed by atoms with van der Waals surface area (Å²) in [7, 11) is 0. The average molecular weight is 608 g/mol. The number of hydrogen-bond acceptors (Lipinski definition) is 6. The Morgan fingerprint density at radius 2 is 1.73 bits per heavy atom. The minimum Gasteiger partial charge on any atom is -0.490 e. The van der Waals surface area contributed by atoms with Crippen LogP contribution in [0.2, 0.25) is 5.02 Å². The molecular formula is C27H28BrClN2O5S. The Bertz CT molecular complexity index is 1200. The first kappa shape index (κ1) is 27.5. The third-order valence-electron chi connectivity index (χ3n) is 6.08. The van der Waals surface area contributed by atoms with Crippen LogP contribution in [0.5, 0.6) is 11.5 Å². The predicted octanol–water partition coefficient (Wildman–Crippen LogP) is 6.52. The van der Waals surface area contributed by atoms with Crippen molar-refractivity contribution in [3.8, 4) is 11.5 Å². The van der Waals surface area contributed by atoms with Crippen LogP contribution in [0.1, 0.15) is 43.7 Å². The van der Waals surface area contributed by atoms with Crippen LogP contribution in [0.25, 0.3) is 6.08 Å². The van der Waals surface area contributed by atoms with Gasteiger partial charge in [0.25, 0.3) is 11.1 Å². The minimum absolute atomic E-state index is 0.188. The van der Waals surface area contributed by atoms with Crippen LogP contribution in [-0.2, 0) is 16.2 Å². The molecule has 4 rings (SSSR count). The van der Waals surface area contributed by atoms with Crippen molar-refractivity contribution in [2.24, 2.45) is 0 Å². The van der Waals surface area contributed by atoms with Crippen LogP contribution in [0.4, 0.5) is 4.79 Å². The van der Waals surface area contributed by atoms with Gasteiger partial charge in [-0.25, -0.2) is 0 Å². The number of imide groups is 1. The van der Waals surface area contributed by atoms with Gasteiger partial charge in [-0.1, -0.05) is 52.5 Å². The highest BCUT2D eigenvalue weighted by molar-refractivity contribution is 9.10. The lowest BCUT2D eigenvalue weighted by molar-refractivity contribution is -0.135. The van der Waals surface area contributed by atoms with E-state index in [4.69, 9.17) is 21.1 Å². The number of nitrogens with zero attached hydrogens (tertiary/aromatic N) is 2. The number of benzene rings is 2. The summed E-state index contributed by atoms with van der Waals surface area (Å²) in [6, 6.07) is 10.9. The SMILES string of the molecule is CCOc1cc(C=C2SC(=O)N(CC(=O)N3CCCCCC3)C2=O)c(Br)cc1OCc1ccc(Cl)cc1. The molecule has 0 saturated carbocycles. The molecule has 2 aliphatic rings. The molecule has 2 aromatic carbocycles. The summed E-state index contributed by atoms with van der Waals surface area (Å²) in [5.41, 5.74) is 1.61. The van der Waals surface area contributed by atoms with Gasteiger partial charge < -0.3 is 14.4 Å². The van der Waals surface area contributed by atoms with E-state index in [1.54, 1.807) is 35.2 Å². The molecule has 196 valence electrons. The fraction of sp³-hybridized carbons (Fsp3) is 0.370. The molecule has 0 aliphatic carbocycles. The maximum absolute atomic E-state index is 13.0. The number of halogens is 2. The molecule has 2 aromatic rings. The molecule has 0 unspecified atom stereocenters. The number of likely N-dealkylation sites (tertiary alicyclic amines) is 1. The number of thioether (sulfide) groups is 1. The van der Waals surface area contributed by atoms with Gasteiger partial charge in [0, 0.05) is 22.6 Å². The largest absolute Gasteiger partial charge is 0.490 e. The molecule has 0 radical (unpaired) electrons. The van der Waals surface area contributed by atoms with Crippen molar-refractivity contribution in [2.45, 2.75) is 39.2 Å². The molecule has 3 amide bonds. The van der Waals surface area contributed by atoms with Crippen molar-refractivity contribution in [3.05, 3.63) is 61.9 Å². The normalized spacial score (nSPS) is 17.3. The second-order valence-corrected chi connectivity index (χ2v) is 11.0. The topological polar surface area (TPSA) is 76.2 Å². The fourth-order valence-corrected chi connectivity index (χ4v) is 5.51. The smallest absolute Gasteiger partial charge is 0.294 e. The molecule has 10 heteroatoms. The number of amides is 3. The van der Waals surface area contributed by atoms with Crippen molar-refractivity contribution in [3.63, 3.8) is 0 Å². The van der Waals surface area contributed by atoms with E-state index in [9.17, 15) is 14.4 Å². The molecule has 0 atom stereocenters. The Morgan fingerprint density at radius 3 is 2.41 bits per heavy atom. The zero-order valence-electron chi connectivity index (χ0n) is 20.5. The Kier molecular flexibility index (Phi) is 9.56. The second kappa shape index (κ2) is 12.8. The summed E-state index contributed by atoms with van der Waals surface area (Å²) in [6.45, 7) is 3.73. The van der Waals surface area contributed by atoms with E-state index >= 15 is 0 Å². The van der Waals surface area contributed by atoms with Crippen LogP contribution in [0, 0.1) is 0 Å². The molecule has 2 fully saturated rings. The molecule has 0 spiro atoms. The first-order chi connectivity index (χ1) is 17.9. The molecule has 2 heterocycles. The summed E-state index contributed by atoms with van der Waals surface area (Å²) >= 11 is 10.3. The molecule has 0 N–H and O–H groups in total. The number of hydrogen-bond donors (Lipinski definition) is 0. The summed E-state index contributed by atoms with van der Waals surface area (Å²) in [5, 5.41) is 0.213. The van der Waals surface area contributed by atoms with E-state index in [2.05, 4.69) is 15.9 Å². The molecule has 2 saturated heterocycles. The minimum atomic E-state index is -0.467. The second-order valence-electron chi connectivity index (χ2n) is 8.73. The van der Waals surface area contributed by atoms with Gasteiger partial charge in [-0.15, -0.1) is 0 Å². The Morgan fingerprint density at radius 1 is 1.05 bits per heavy atom. The van der Waals surface area contributed by atoms with E-state index in [1.807, 2.05) is 19.1 Å². The monoisotopic (exact) mass is 606 g/mol. The van der Waals surface area contributed by atoms with Gasteiger partial charge in [-0.05, 0) is 73.0 Å². The summed E-state index contributed by atoms with van der Waals surface area (Å²) in [5.74, 6) is 0.400. The van der Waals surface area contributed by atoms with Crippen molar-refractivity contribution in [1.29, 1.82) is 0 Å². The van der Waals surface area contributed by atoms with Gasteiger partial charge in [0.1, 0.15) is 13.2 Å². The van der Waals surface area contributed by atoms with Crippen molar-refractivity contribution in [1.82, 2.24) is 9.80 Å². The third kappa shape index (κ3) is 7.09. The van der Waals surface area contributed by atoms with Gasteiger partial charge in [0.2, 0.25) is 5.91 Å². The van der Waals surface area contributed by atoms with E-state index in [0.29, 0.717) is 52.9 Å². The fourth-order valence-electron chi connectivity index (χ4n) is 4.12. The van der Waals surface area contributed by atoms with Crippen LogP contribution in [0.3, 0.4) is 0 Å². The maximum Gasteiger partial charge on any atom is 0.294 e. The predicted molar refractivity (Wildman–Crippen MR) is 149 cm³/mol. The number of rotatable bonds is 8. The Labute approximate surface area is 234 Å². The standard InChI is InChI=1S/C27H28BrClN2O5S/c1-2-35-22-13-19(21(28)15-23(22)36-17-18-7-9-20(29)10-8-18)14-24-26(33)31(27(34)37-24)16-25(32)30-11-5-3-4-6-12-30/h7-10,13-15H,2-6,11-12,16-17H2,1H3. The Hall–Kier alpha value is -2.49. The van der Waals surface area contributed by atoms with Gasteiger partial charge >= 0.3 is 0 Å². The zero-order valence-corrected chi connectivity index (χ0v) is 23.7. The first-order valence-electron chi connectivity index (χ1n) is 12.2. The van der Waals surface area contributed by atoms with Crippen molar-refractivity contribution < 1.29 is 23.9 Å². The Balaban J connectivity index is 1.49. The van der Waals surface area contributed by atoms with Gasteiger partial charge in [-0.2, -0.15) is 0 Å². The quantitative estimate of drug-likeness (QED) is 0.318. The molecule has 37 heavy (non-hydrogen) atoms. The van der Waals surface area contributed by atoms with Crippen LogP contribution in [-0.4, -0.2) is 53.1 Å². The summed E-state index contributed by atoms with van der Waals surface area (Å²) in [6.07, 6.45) is 5.72. The van der Waals surface area contributed by atoms with Gasteiger partial charge in [-0.3, -0.25) is 19.3 Å². The average Bonchev–Trinajstić information content (AvgIpc) is 3.06. The zero-order chi connectivity index (χ0) is 26.4. The van der Waals surface area contributed by atoms with Gasteiger partial charge in [0.05, 0.1) is 11.5 Å². The lowest BCUT2D eigenvalue weighted by Crippen LogP contribution is -2.42. The highest BCUT2D eigenvalue weighted by Gasteiger charge is 2.37. The molecular weight excluding hydrogens is 580 g/mol. The van der Waals surface area contributed by atoms with E-state index in [0.717, 1.165) is 47.9 Å². The van der Waals surface area contributed by atoms with Crippen molar-refractivity contribution >= 4 is 62.4 Å². The number of carbonyl (C=O) groups excluding carboxylic acids is 3. The van der Waals surface area contributed by atoms with Gasteiger partial charge in [0.15, 0.2) is 11.5 Å². The summed E-state index contributed by atoms with van der Waals surface area (Å²) < 4.78 is 12.5. The third-order valence-corrected chi connectivity index (χ3v) is 7.93. The molecule has 2 aliphatic heterocycles. The maximum atomic E-state index is 13.0. The number of carbonyl (C=O) groups is 3. The van der Waals surface area contributed by atoms with E-state index in [-0.39, 0.29) is 17.4 Å². The van der Waals surface area contributed by atoms with Crippen LogP contribution < -0.4 is 9.47 Å². The highest BCUT2D eigenvalue weighted by atomic mass is 79.9. The highest BCUT2D eigenvalue weighted by Crippen LogP contribution is 2.38. The molecule has 0 bridgehead atoms. The summed E-state index contributed by atoms with van der Waals surface area (Å²) in [4.78, 5) is 41.5. The lowest BCUT2D eigenvalue weighted by Gasteiger charge is -2.22. The lowest BCUT2D eigenvalue weighted by atomic mass is 10.1. The van der Waals surface area contributed by atoms with E-state index in [1.165, 1.54) is 0 Å². The van der Waals surface area contributed by atoms with E-state index < -0.39 is 11.1 Å².